The third-order valence-electron chi connectivity index (χ3n) is 6.88. The maximum absolute atomic E-state index is 13.0. The first-order valence-corrected chi connectivity index (χ1v) is 10.4. The number of carbonyl (C=O) groups excluding carboxylic acids is 2. The molecule has 30 heavy (non-hydrogen) atoms. The molecule has 0 bridgehead atoms. The first-order chi connectivity index (χ1) is 14.6. The molecule has 1 amide bonds. The minimum absolute atomic E-state index is 0.0175. The smallest absolute Gasteiger partial charge is 0.224 e. The summed E-state index contributed by atoms with van der Waals surface area (Å²) in [5.74, 6) is 2.34. The van der Waals surface area contributed by atoms with Gasteiger partial charge in [-0.05, 0) is 37.0 Å². The monoisotopic (exact) mass is 407 g/mol. The van der Waals surface area contributed by atoms with Gasteiger partial charge >= 0.3 is 0 Å². The molecular formula is C24H25NO5. The van der Waals surface area contributed by atoms with Crippen LogP contribution in [0.4, 0.5) is 0 Å². The van der Waals surface area contributed by atoms with E-state index >= 15 is 0 Å². The zero-order valence-electron chi connectivity index (χ0n) is 17.1. The molecule has 2 saturated carbocycles. The summed E-state index contributed by atoms with van der Waals surface area (Å²) >= 11 is 0. The Morgan fingerprint density at radius 1 is 1.17 bits per heavy atom. The number of para-hydroxylation sites is 2. The van der Waals surface area contributed by atoms with Gasteiger partial charge in [0.25, 0.3) is 0 Å². The molecule has 2 aliphatic carbocycles. The molecule has 5 rings (SSSR count). The van der Waals surface area contributed by atoms with Crippen molar-refractivity contribution in [2.75, 3.05) is 14.2 Å². The Kier molecular flexibility index (Phi) is 4.45. The minimum Gasteiger partial charge on any atom is -0.493 e. The number of benzene rings is 2. The fraction of sp³-hybridized carbons (Fsp3) is 0.417. The molecule has 2 aromatic rings. The van der Waals surface area contributed by atoms with Crippen molar-refractivity contribution >= 4 is 11.7 Å². The normalized spacial score (nSPS) is 28.3. The molecule has 1 aliphatic heterocycles. The molecule has 6 nitrogen and oxygen atoms in total. The lowest BCUT2D eigenvalue weighted by Gasteiger charge is -2.37. The molecule has 1 N–H and O–H groups in total. The maximum atomic E-state index is 13.0. The van der Waals surface area contributed by atoms with Crippen LogP contribution in [0.5, 0.6) is 17.2 Å². The third kappa shape index (κ3) is 2.85. The number of carbonyl (C=O) groups is 2. The lowest BCUT2D eigenvalue weighted by atomic mass is 9.84. The molecular weight excluding hydrogens is 382 g/mol. The number of hydrogen-bond acceptors (Lipinski definition) is 5. The van der Waals surface area contributed by atoms with Crippen molar-refractivity contribution in [3.05, 3.63) is 53.6 Å². The highest BCUT2D eigenvalue weighted by molar-refractivity contribution is 6.00. The van der Waals surface area contributed by atoms with Gasteiger partial charge in [0.2, 0.25) is 5.91 Å². The van der Waals surface area contributed by atoms with Crippen LogP contribution in [0.25, 0.3) is 0 Å². The van der Waals surface area contributed by atoms with E-state index in [9.17, 15) is 9.59 Å². The average molecular weight is 407 g/mol. The summed E-state index contributed by atoms with van der Waals surface area (Å²) < 4.78 is 17.2. The van der Waals surface area contributed by atoms with Gasteiger partial charge in [0.05, 0.1) is 26.2 Å². The predicted octanol–water partition coefficient (Wildman–Crippen LogP) is 3.38. The van der Waals surface area contributed by atoms with E-state index in [1.165, 1.54) is 0 Å². The topological polar surface area (TPSA) is 73.9 Å². The predicted molar refractivity (Wildman–Crippen MR) is 110 cm³/mol. The Hall–Kier alpha value is -3.02. The molecule has 0 radical (unpaired) electrons. The molecule has 2 fully saturated rings. The number of methoxy groups -OCH3 is 2. The number of Topliss-reactive ketones (excluding diaryl/α,β-unsaturated/α-hetero) is 1. The van der Waals surface area contributed by atoms with E-state index in [0.29, 0.717) is 35.8 Å². The van der Waals surface area contributed by atoms with Crippen molar-refractivity contribution in [3.63, 3.8) is 0 Å². The lowest BCUT2D eigenvalue weighted by Crippen LogP contribution is -2.44. The van der Waals surface area contributed by atoms with Crippen LogP contribution in [0.15, 0.2) is 42.5 Å². The lowest BCUT2D eigenvalue weighted by molar-refractivity contribution is -0.124. The van der Waals surface area contributed by atoms with Gasteiger partial charge in [0.15, 0.2) is 17.3 Å². The van der Waals surface area contributed by atoms with Crippen molar-refractivity contribution in [1.82, 2.24) is 5.32 Å². The Balaban J connectivity index is 1.29. The van der Waals surface area contributed by atoms with Crippen LogP contribution in [0, 0.1) is 17.8 Å². The van der Waals surface area contributed by atoms with Gasteiger partial charge in [-0.15, -0.1) is 0 Å². The summed E-state index contributed by atoms with van der Waals surface area (Å²) in [5, 5.41) is 3.05. The van der Waals surface area contributed by atoms with Gasteiger partial charge in [-0.3, -0.25) is 9.59 Å². The Morgan fingerprint density at radius 3 is 2.80 bits per heavy atom. The van der Waals surface area contributed by atoms with E-state index in [2.05, 4.69) is 5.32 Å². The molecule has 6 heteroatoms. The Bertz CT molecular complexity index is 1020. The van der Waals surface area contributed by atoms with Crippen LogP contribution in [-0.4, -0.2) is 31.5 Å². The number of amides is 1. The van der Waals surface area contributed by atoms with Gasteiger partial charge in [0.1, 0.15) is 11.4 Å². The van der Waals surface area contributed by atoms with Gasteiger partial charge in [-0.1, -0.05) is 24.3 Å². The summed E-state index contributed by atoms with van der Waals surface area (Å²) in [5.41, 5.74) is 0.980. The summed E-state index contributed by atoms with van der Waals surface area (Å²) in [4.78, 5) is 25.7. The summed E-state index contributed by atoms with van der Waals surface area (Å²) in [6, 6.07) is 13.0. The van der Waals surface area contributed by atoms with Crippen molar-refractivity contribution in [3.8, 4) is 17.2 Å². The molecule has 4 atom stereocenters. The summed E-state index contributed by atoms with van der Waals surface area (Å²) in [6.45, 7) is 0.366. The number of rotatable bonds is 5. The Morgan fingerprint density at radius 2 is 2.00 bits per heavy atom. The molecule has 1 spiro atoms. The molecule has 1 heterocycles. The van der Waals surface area contributed by atoms with Gasteiger partial charge in [-0.25, -0.2) is 0 Å². The van der Waals surface area contributed by atoms with Crippen molar-refractivity contribution < 1.29 is 23.8 Å². The van der Waals surface area contributed by atoms with E-state index in [1.807, 2.05) is 42.5 Å². The van der Waals surface area contributed by atoms with Gasteiger partial charge < -0.3 is 19.5 Å². The van der Waals surface area contributed by atoms with E-state index in [4.69, 9.17) is 14.2 Å². The molecule has 0 unspecified atom stereocenters. The number of hydrogen-bond donors (Lipinski definition) is 1. The highest BCUT2D eigenvalue weighted by Crippen LogP contribution is 2.65. The first-order valence-electron chi connectivity index (χ1n) is 10.4. The maximum Gasteiger partial charge on any atom is 0.224 e. The number of nitrogens with one attached hydrogen (secondary N) is 1. The standard InChI is InChI=1S/C24H25NO5/c1-28-19-9-5-6-14(22(19)29-2)13-25-23(27)20-16-10-11-24(21(16)20)12-17(26)15-7-3-4-8-18(15)30-24/h3-9,16,20-21H,10-13H2,1-2H3,(H,25,27)/t16-,20+,21+,24-/m0/s1. The second kappa shape index (κ2) is 7.04. The second-order valence-corrected chi connectivity index (χ2v) is 8.39. The molecule has 156 valence electrons. The largest absolute Gasteiger partial charge is 0.493 e. The zero-order valence-corrected chi connectivity index (χ0v) is 17.1. The Labute approximate surface area is 175 Å². The van der Waals surface area contributed by atoms with E-state index < -0.39 is 5.60 Å². The molecule has 3 aliphatic rings. The van der Waals surface area contributed by atoms with E-state index in [0.717, 1.165) is 18.4 Å². The van der Waals surface area contributed by atoms with Crippen molar-refractivity contribution in [2.24, 2.45) is 17.8 Å². The zero-order chi connectivity index (χ0) is 20.9. The number of fused-ring (bicyclic) bond motifs is 3. The molecule has 2 aromatic carbocycles. The second-order valence-electron chi connectivity index (χ2n) is 8.39. The highest BCUT2D eigenvalue weighted by Gasteiger charge is 2.70. The fourth-order valence-corrected chi connectivity index (χ4v) is 5.51. The third-order valence-corrected chi connectivity index (χ3v) is 6.88. The first kappa shape index (κ1) is 19.0. The minimum atomic E-state index is -0.536. The van der Waals surface area contributed by atoms with Crippen LogP contribution >= 0.6 is 0 Å². The molecule has 0 saturated heterocycles. The van der Waals surface area contributed by atoms with Gasteiger partial charge in [-0.2, -0.15) is 0 Å². The highest BCUT2D eigenvalue weighted by atomic mass is 16.5. The van der Waals surface area contributed by atoms with Crippen LogP contribution in [0.3, 0.4) is 0 Å². The number of ether oxygens (including phenoxy) is 3. The SMILES string of the molecule is COc1cccc(CNC(=O)[C@@H]2[C@@H]3CC[C@]4(CC(=O)c5ccccc5O4)[C@H]32)c1OC. The van der Waals surface area contributed by atoms with Crippen LogP contribution in [0.2, 0.25) is 0 Å². The molecule has 0 aromatic heterocycles. The van der Waals surface area contributed by atoms with Crippen LogP contribution in [0.1, 0.15) is 35.2 Å². The van der Waals surface area contributed by atoms with E-state index in [-0.39, 0.29) is 29.4 Å². The van der Waals surface area contributed by atoms with Gasteiger partial charge in [0, 0.05) is 23.9 Å². The summed E-state index contributed by atoms with van der Waals surface area (Å²) in [6.07, 6.45) is 2.11. The van der Waals surface area contributed by atoms with Crippen molar-refractivity contribution in [2.45, 2.75) is 31.4 Å². The average Bonchev–Trinajstić information content (AvgIpc) is 3.42. The quantitative estimate of drug-likeness (QED) is 0.823. The van der Waals surface area contributed by atoms with Crippen molar-refractivity contribution in [1.29, 1.82) is 0 Å². The summed E-state index contributed by atoms with van der Waals surface area (Å²) in [7, 11) is 3.18. The van der Waals surface area contributed by atoms with E-state index in [1.54, 1.807) is 14.2 Å². The number of ketones is 1. The van der Waals surface area contributed by atoms with Crippen LogP contribution < -0.4 is 19.5 Å². The fourth-order valence-electron chi connectivity index (χ4n) is 5.51. The van der Waals surface area contributed by atoms with Crippen LogP contribution in [-0.2, 0) is 11.3 Å².